The van der Waals surface area contributed by atoms with Crippen LogP contribution in [0.25, 0.3) is 0 Å². The molecule has 0 rings (SSSR count). The fourth-order valence-electron chi connectivity index (χ4n) is 7.48. The molecule has 0 bridgehead atoms. The van der Waals surface area contributed by atoms with Gasteiger partial charge in [-0.05, 0) is 25.2 Å². The summed E-state index contributed by atoms with van der Waals surface area (Å²) in [7, 11) is 0. The van der Waals surface area contributed by atoms with Crippen LogP contribution in [0.15, 0.2) is 0 Å². The Morgan fingerprint density at radius 2 is 0.625 bits per heavy atom. The standard InChI is InChI=1S/C50H96O6/c1-5-8-10-12-14-16-18-19-20-21-23-25-30-34-38-42-49(52)55-45-47(44-54-48(51)41-37-33-29-24-22-17-15-13-11-9-6-2)56-50(53)43-39-35-31-27-26-28-32-36-40-46(4)7-3/h46-47H,5-45H2,1-4H3/t46?,47-/m0/s1. The lowest BCUT2D eigenvalue weighted by atomic mass is 9.99. The number of hydrogen-bond donors (Lipinski definition) is 0. The van der Waals surface area contributed by atoms with Gasteiger partial charge >= 0.3 is 17.9 Å². The predicted octanol–water partition coefficient (Wildman–Crippen LogP) is 15.9. The van der Waals surface area contributed by atoms with E-state index >= 15 is 0 Å². The normalized spacial score (nSPS) is 12.4. The number of esters is 3. The zero-order valence-electron chi connectivity index (χ0n) is 38.1. The van der Waals surface area contributed by atoms with Gasteiger partial charge in [-0.15, -0.1) is 0 Å². The zero-order valence-corrected chi connectivity index (χ0v) is 38.1. The Labute approximate surface area is 348 Å². The molecule has 6 nitrogen and oxygen atoms in total. The molecule has 0 N–H and O–H groups in total. The van der Waals surface area contributed by atoms with Crippen LogP contribution in [-0.2, 0) is 28.6 Å². The first-order chi connectivity index (χ1) is 27.4. The average Bonchev–Trinajstić information content (AvgIpc) is 3.19. The molecule has 0 aromatic rings. The van der Waals surface area contributed by atoms with Crippen molar-refractivity contribution >= 4 is 17.9 Å². The van der Waals surface area contributed by atoms with E-state index < -0.39 is 6.10 Å². The molecule has 0 aliphatic heterocycles. The second-order valence-electron chi connectivity index (χ2n) is 17.3. The fourth-order valence-corrected chi connectivity index (χ4v) is 7.48. The summed E-state index contributed by atoms with van der Waals surface area (Å²) in [6.07, 6.45) is 45.1. The maximum atomic E-state index is 12.7. The van der Waals surface area contributed by atoms with E-state index in [9.17, 15) is 14.4 Å². The lowest BCUT2D eigenvalue weighted by Gasteiger charge is -2.18. The third kappa shape index (κ3) is 42.0. The molecule has 56 heavy (non-hydrogen) atoms. The van der Waals surface area contributed by atoms with Crippen molar-refractivity contribution < 1.29 is 28.6 Å². The molecule has 1 unspecified atom stereocenters. The van der Waals surface area contributed by atoms with Gasteiger partial charge in [-0.2, -0.15) is 0 Å². The molecule has 0 spiro atoms. The van der Waals surface area contributed by atoms with Crippen molar-refractivity contribution in [2.75, 3.05) is 13.2 Å². The minimum absolute atomic E-state index is 0.0634. The summed E-state index contributed by atoms with van der Waals surface area (Å²) >= 11 is 0. The third-order valence-electron chi connectivity index (χ3n) is 11.7. The molecule has 0 heterocycles. The topological polar surface area (TPSA) is 78.9 Å². The maximum Gasteiger partial charge on any atom is 0.306 e. The van der Waals surface area contributed by atoms with Crippen LogP contribution in [0.1, 0.15) is 278 Å². The van der Waals surface area contributed by atoms with Gasteiger partial charge in [0.25, 0.3) is 0 Å². The molecular weight excluding hydrogens is 697 g/mol. The Balaban J connectivity index is 4.31. The van der Waals surface area contributed by atoms with E-state index in [-0.39, 0.29) is 31.1 Å². The van der Waals surface area contributed by atoms with E-state index in [1.807, 2.05) is 0 Å². The number of carbonyl (C=O) groups is 3. The first kappa shape index (κ1) is 54.4. The highest BCUT2D eigenvalue weighted by atomic mass is 16.6. The summed E-state index contributed by atoms with van der Waals surface area (Å²) < 4.78 is 16.8. The number of rotatable bonds is 45. The van der Waals surface area contributed by atoms with Crippen molar-refractivity contribution in [3.8, 4) is 0 Å². The molecule has 0 saturated heterocycles. The van der Waals surface area contributed by atoms with Gasteiger partial charge in [-0.25, -0.2) is 0 Å². The Kier molecular flexibility index (Phi) is 43.2. The van der Waals surface area contributed by atoms with Crippen molar-refractivity contribution in [2.24, 2.45) is 5.92 Å². The summed E-state index contributed by atoms with van der Waals surface area (Å²) in [6, 6.07) is 0. The van der Waals surface area contributed by atoms with Gasteiger partial charge in [0.2, 0.25) is 0 Å². The van der Waals surface area contributed by atoms with Crippen LogP contribution in [0, 0.1) is 5.92 Å². The molecule has 0 aromatic carbocycles. The molecule has 0 radical (unpaired) electrons. The number of ether oxygens (including phenoxy) is 3. The molecule has 332 valence electrons. The van der Waals surface area contributed by atoms with Crippen LogP contribution < -0.4 is 0 Å². The summed E-state index contributed by atoms with van der Waals surface area (Å²) in [5, 5.41) is 0. The van der Waals surface area contributed by atoms with E-state index in [1.165, 1.54) is 173 Å². The predicted molar refractivity (Wildman–Crippen MR) is 238 cm³/mol. The van der Waals surface area contributed by atoms with Crippen molar-refractivity contribution in [3.63, 3.8) is 0 Å². The Morgan fingerprint density at radius 3 is 0.929 bits per heavy atom. The largest absolute Gasteiger partial charge is 0.462 e. The van der Waals surface area contributed by atoms with E-state index in [0.717, 1.165) is 63.7 Å². The summed E-state index contributed by atoms with van der Waals surface area (Å²) in [4.78, 5) is 37.8. The van der Waals surface area contributed by atoms with Gasteiger partial charge in [0.1, 0.15) is 13.2 Å². The molecule has 0 fully saturated rings. The monoisotopic (exact) mass is 793 g/mol. The van der Waals surface area contributed by atoms with Crippen molar-refractivity contribution in [1.29, 1.82) is 0 Å². The lowest BCUT2D eigenvalue weighted by molar-refractivity contribution is -0.167. The molecule has 6 heteroatoms. The molecule has 0 aliphatic rings. The van der Waals surface area contributed by atoms with E-state index in [0.29, 0.717) is 19.3 Å². The van der Waals surface area contributed by atoms with Crippen LogP contribution >= 0.6 is 0 Å². The van der Waals surface area contributed by atoms with Crippen LogP contribution in [-0.4, -0.2) is 37.2 Å². The summed E-state index contributed by atoms with van der Waals surface area (Å²) in [5.41, 5.74) is 0. The van der Waals surface area contributed by atoms with Crippen LogP contribution in [0.3, 0.4) is 0 Å². The quantitative estimate of drug-likeness (QED) is 0.0347. The Morgan fingerprint density at radius 1 is 0.357 bits per heavy atom. The molecule has 0 amide bonds. The molecular formula is C50H96O6. The van der Waals surface area contributed by atoms with Gasteiger partial charge in [0, 0.05) is 19.3 Å². The highest BCUT2D eigenvalue weighted by Gasteiger charge is 2.19. The molecule has 2 atom stereocenters. The van der Waals surface area contributed by atoms with E-state index in [1.54, 1.807) is 0 Å². The van der Waals surface area contributed by atoms with E-state index in [2.05, 4.69) is 27.7 Å². The Bertz CT molecular complexity index is 843. The zero-order chi connectivity index (χ0) is 41.0. The second kappa shape index (κ2) is 44.5. The summed E-state index contributed by atoms with van der Waals surface area (Å²) in [6.45, 7) is 9.01. The van der Waals surface area contributed by atoms with Gasteiger partial charge < -0.3 is 14.2 Å². The lowest BCUT2D eigenvalue weighted by Crippen LogP contribution is -2.30. The summed E-state index contributed by atoms with van der Waals surface area (Å²) in [5.74, 6) is -0.00451. The third-order valence-corrected chi connectivity index (χ3v) is 11.7. The number of hydrogen-bond acceptors (Lipinski definition) is 6. The molecule has 0 aromatic heterocycles. The average molecular weight is 793 g/mol. The van der Waals surface area contributed by atoms with E-state index in [4.69, 9.17) is 14.2 Å². The van der Waals surface area contributed by atoms with Crippen LogP contribution in [0.2, 0.25) is 0 Å². The number of carbonyl (C=O) groups excluding carboxylic acids is 3. The minimum atomic E-state index is -0.760. The smallest absolute Gasteiger partial charge is 0.306 e. The number of unbranched alkanes of at least 4 members (excludes halogenated alkanes) is 31. The highest BCUT2D eigenvalue weighted by Crippen LogP contribution is 2.17. The fraction of sp³-hybridized carbons (Fsp3) is 0.940. The van der Waals surface area contributed by atoms with Gasteiger partial charge in [-0.3, -0.25) is 14.4 Å². The maximum absolute atomic E-state index is 12.7. The van der Waals surface area contributed by atoms with Crippen LogP contribution in [0.4, 0.5) is 0 Å². The molecule has 0 aliphatic carbocycles. The van der Waals surface area contributed by atoms with Gasteiger partial charge in [0.15, 0.2) is 6.10 Å². The van der Waals surface area contributed by atoms with Crippen LogP contribution in [0.5, 0.6) is 0 Å². The van der Waals surface area contributed by atoms with Crippen molar-refractivity contribution in [2.45, 2.75) is 284 Å². The van der Waals surface area contributed by atoms with Crippen molar-refractivity contribution in [1.82, 2.24) is 0 Å². The van der Waals surface area contributed by atoms with Gasteiger partial charge in [0.05, 0.1) is 0 Å². The Hall–Kier alpha value is -1.59. The SMILES string of the molecule is CCCCCCCCCCCCCCCCCC(=O)OC[C@H](COC(=O)CCCCCCCCCCCCC)OC(=O)CCCCCCCCCCC(C)CC. The second-order valence-corrected chi connectivity index (χ2v) is 17.3. The highest BCUT2D eigenvalue weighted by molar-refractivity contribution is 5.71. The van der Waals surface area contributed by atoms with Crippen molar-refractivity contribution in [3.05, 3.63) is 0 Å². The first-order valence-corrected chi connectivity index (χ1v) is 24.9. The van der Waals surface area contributed by atoms with Gasteiger partial charge in [-0.1, -0.05) is 240 Å². The first-order valence-electron chi connectivity index (χ1n) is 24.9. The minimum Gasteiger partial charge on any atom is -0.462 e. The molecule has 0 saturated carbocycles.